The highest BCUT2D eigenvalue weighted by Gasteiger charge is 2.32. The third-order valence-corrected chi connectivity index (χ3v) is 4.13. The zero-order valence-electron chi connectivity index (χ0n) is 15.4. The van der Waals surface area contributed by atoms with Crippen LogP contribution in [0.25, 0.3) is 0 Å². The van der Waals surface area contributed by atoms with Crippen molar-refractivity contribution >= 4 is 5.91 Å². The van der Waals surface area contributed by atoms with Crippen LogP contribution in [0.3, 0.4) is 0 Å². The minimum absolute atomic E-state index is 0.178. The number of amides is 1. The second kappa shape index (κ2) is 8.81. The van der Waals surface area contributed by atoms with Gasteiger partial charge in [-0.1, -0.05) is 12.1 Å². The first-order valence-electron chi connectivity index (χ1n) is 8.83. The van der Waals surface area contributed by atoms with Gasteiger partial charge >= 0.3 is 6.18 Å². The van der Waals surface area contributed by atoms with Gasteiger partial charge in [0.25, 0.3) is 11.5 Å². The third-order valence-electron chi connectivity index (χ3n) is 4.13. The molecule has 2 aromatic carbocycles. The van der Waals surface area contributed by atoms with Gasteiger partial charge in [-0.2, -0.15) is 13.2 Å². The first-order chi connectivity index (χ1) is 14.2. The van der Waals surface area contributed by atoms with Crippen LogP contribution in [0.4, 0.5) is 17.6 Å². The Kier molecular flexibility index (Phi) is 6.20. The summed E-state index contributed by atoms with van der Waals surface area (Å²) in [5.74, 6) is -0.0943. The SMILES string of the molecule is O=C(NCCc1ccc(Oc2ccc(F)cc2)cc1)c1ccc(C(F)(F)F)[nH]c1=O. The molecule has 3 aromatic rings. The molecule has 0 saturated heterocycles. The zero-order valence-corrected chi connectivity index (χ0v) is 15.4. The molecule has 0 atom stereocenters. The van der Waals surface area contributed by atoms with Gasteiger partial charge in [0.1, 0.15) is 28.6 Å². The number of alkyl halides is 3. The van der Waals surface area contributed by atoms with E-state index in [0.717, 1.165) is 11.6 Å². The lowest BCUT2D eigenvalue weighted by Gasteiger charge is -2.09. The Labute approximate surface area is 168 Å². The Hall–Kier alpha value is -3.62. The average molecular weight is 420 g/mol. The molecule has 3 rings (SSSR count). The van der Waals surface area contributed by atoms with Crippen LogP contribution < -0.4 is 15.6 Å². The highest BCUT2D eigenvalue weighted by Crippen LogP contribution is 2.26. The molecule has 0 aliphatic heterocycles. The van der Waals surface area contributed by atoms with Crippen molar-refractivity contribution in [2.75, 3.05) is 6.54 Å². The number of H-pyrrole nitrogens is 1. The molecule has 0 aliphatic carbocycles. The van der Waals surface area contributed by atoms with Gasteiger partial charge in [0.2, 0.25) is 0 Å². The number of rotatable bonds is 6. The van der Waals surface area contributed by atoms with Crippen LogP contribution in [-0.2, 0) is 12.6 Å². The maximum absolute atomic E-state index is 12.9. The molecule has 0 radical (unpaired) electrons. The lowest BCUT2D eigenvalue weighted by Crippen LogP contribution is -2.32. The number of aromatic amines is 1. The minimum atomic E-state index is -4.69. The van der Waals surface area contributed by atoms with E-state index in [2.05, 4.69) is 5.32 Å². The molecule has 156 valence electrons. The Morgan fingerprint density at radius 3 is 2.10 bits per heavy atom. The van der Waals surface area contributed by atoms with E-state index in [1.165, 1.54) is 24.3 Å². The number of nitrogens with one attached hydrogen (secondary N) is 2. The zero-order chi connectivity index (χ0) is 21.7. The molecular formula is C21H16F4N2O3. The molecule has 30 heavy (non-hydrogen) atoms. The number of aromatic nitrogens is 1. The molecule has 0 unspecified atom stereocenters. The summed E-state index contributed by atoms with van der Waals surface area (Å²) in [6.07, 6.45) is -4.26. The molecule has 5 nitrogen and oxygen atoms in total. The summed E-state index contributed by atoms with van der Waals surface area (Å²) in [5.41, 5.74) is -1.86. The lowest BCUT2D eigenvalue weighted by molar-refractivity contribution is -0.141. The van der Waals surface area contributed by atoms with Crippen LogP contribution in [0.2, 0.25) is 0 Å². The second-order valence-electron chi connectivity index (χ2n) is 6.32. The summed E-state index contributed by atoms with van der Waals surface area (Å²) in [6, 6.07) is 14.0. The highest BCUT2D eigenvalue weighted by molar-refractivity contribution is 5.93. The molecular weight excluding hydrogens is 404 g/mol. The van der Waals surface area contributed by atoms with Gasteiger partial charge in [0.15, 0.2) is 0 Å². The molecule has 0 bridgehead atoms. The number of halogens is 4. The van der Waals surface area contributed by atoms with Gasteiger partial charge in [-0.3, -0.25) is 9.59 Å². The molecule has 2 N–H and O–H groups in total. The van der Waals surface area contributed by atoms with Crippen molar-refractivity contribution in [3.63, 3.8) is 0 Å². The largest absolute Gasteiger partial charge is 0.457 e. The van der Waals surface area contributed by atoms with E-state index in [-0.39, 0.29) is 12.4 Å². The van der Waals surface area contributed by atoms with Crippen LogP contribution in [0, 0.1) is 5.82 Å². The first kappa shape index (κ1) is 21.1. The van der Waals surface area contributed by atoms with Crippen LogP contribution in [0.15, 0.2) is 65.5 Å². The standard InChI is InChI=1S/C21H16F4N2O3/c22-14-3-7-16(8-4-14)30-15-5-1-13(2-6-15)11-12-26-19(28)17-9-10-18(21(23,24)25)27-20(17)29/h1-10H,11-12H2,(H,26,28)(H,27,29). The van der Waals surface area contributed by atoms with E-state index in [1.54, 1.807) is 29.2 Å². The molecule has 1 heterocycles. The van der Waals surface area contributed by atoms with Crippen molar-refractivity contribution in [1.29, 1.82) is 0 Å². The molecule has 0 saturated carbocycles. The minimum Gasteiger partial charge on any atom is -0.457 e. The molecule has 0 aliphatic rings. The number of hydrogen-bond acceptors (Lipinski definition) is 3. The van der Waals surface area contributed by atoms with Crippen LogP contribution in [-0.4, -0.2) is 17.4 Å². The predicted octanol–water partition coefficient (Wildman–Crippen LogP) is 4.30. The summed E-state index contributed by atoms with van der Waals surface area (Å²) in [4.78, 5) is 25.4. The van der Waals surface area contributed by atoms with E-state index in [4.69, 9.17) is 4.74 Å². The van der Waals surface area contributed by atoms with E-state index >= 15 is 0 Å². The number of pyridine rings is 1. The highest BCUT2D eigenvalue weighted by atomic mass is 19.4. The van der Waals surface area contributed by atoms with Crippen LogP contribution >= 0.6 is 0 Å². The van der Waals surface area contributed by atoms with Gasteiger partial charge in [-0.15, -0.1) is 0 Å². The van der Waals surface area contributed by atoms with E-state index < -0.39 is 28.9 Å². The van der Waals surface area contributed by atoms with Crippen molar-refractivity contribution in [1.82, 2.24) is 10.3 Å². The quantitative estimate of drug-likeness (QED) is 0.585. The number of carbonyl (C=O) groups is 1. The number of benzene rings is 2. The van der Waals surface area contributed by atoms with Gasteiger partial charge < -0.3 is 15.0 Å². The summed E-state index contributed by atoms with van der Waals surface area (Å²) >= 11 is 0. The Morgan fingerprint density at radius 2 is 1.53 bits per heavy atom. The van der Waals surface area contributed by atoms with Gasteiger partial charge in [-0.05, 0) is 60.5 Å². The molecule has 1 aromatic heterocycles. The molecule has 9 heteroatoms. The van der Waals surface area contributed by atoms with Gasteiger partial charge in [-0.25, -0.2) is 4.39 Å². The number of hydrogen-bond donors (Lipinski definition) is 2. The fourth-order valence-electron chi connectivity index (χ4n) is 2.60. The first-order valence-corrected chi connectivity index (χ1v) is 8.83. The van der Waals surface area contributed by atoms with E-state index in [9.17, 15) is 27.2 Å². The van der Waals surface area contributed by atoms with Crippen molar-refractivity contribution in [2.45, 2.75) is 12.6 Å². The van der Waals surface area contributed by atoms with Gasteiger partial charge in [0, 0.05) is 6.54 Å². The molecule has 0 fully saturated rings. The average Bonchev–Trinajstić information content (AvgIpc) is 2.70. The van der Waals surface area contributed by atoms with E-state index in [1.807, 2.05) is 0 Å². The third kappa shape index (κ3) is 5.47. The predicted molar refractivity (Wildman–Crippen MR) is 101 cm³/mol. The maximum atomic E-state index is 12.9. The summed E-state index contributed by atoms with van der Waals surface area (Å²) in [6.45, 7) is 0.178. The molecule has 0 spiro atoms. The monoisotopic (exact) mass is 420 g/mol. The molecule has 1 amide bonds. The van der Waals surface area contributed by atoms with Crippen molar-refractivity contribution in [3.05, 3.63) is 93.7 Å². The Morgan fingerprint density at radius 1 is 0.933 bits per heavy atom. The summed E-state index contributed by atoms with van der Waals surface area (Å²) in [7, 11) is 0. The fraction of sp³-hybridized carbons (Fsp3) is 0.143. The van der Waals surface area contributed by atoms with Crippen molar-refractivity contribution < 1.29 is 27.1 Å². The van der Waals surface area contributed by atoms with Crippen LogP contribution in [0.5, 0.6) is 11.5 Å². The van der Waals surface area contributed by atoms with Crippen molar-refractivity contribution in [2.24, 2.45) is 0 Å². The Balaban J connectivity index is 1.53. The van der Waals surface area contributed by atoms with Gasteiger partial charge in [0.05, 0.1) is 0 Å². The normalized spacial score (nSPS) is 11.2. The topological polar surface area (TPSA) is 71.2 Å². The van der Waals surface area contributed by atoms with Crippen LogP contribution in [0.1, 0.15) is 21.6 Å². The Bertz CT molecular complexity index is 1080. The fourth-order valence-corrected chi connectivity index (χ4v) is 2.60. The number of ether oxygens (including phenoxy) is 1. The lowest BCUT2D eigenvalue weighted by atomic mass is 10.1. The smallest absolute Gasteiger partial charge is 0.431 e. The summed E-state index contributed by atoms with van der Waals surface area (Å²) in [5, 5.41) is 2.50. The maximum Gasteiger partial charge on any atom is 0.431 e. The van der Waals surface area contributed by atoms with E-state index in [0.29, 0.717) is 24.0 Å². The second-order valence-corrected chi connectivity index (χ2v) is 6.32. The van der Waals surface area contributed by atoms with Crippen molar-refractivity contribution in [3.8, 4) is 11.5 Å². The number of carbonyl (C=O) groups excluding carboxylic acids is 1. The summed E-state index contributed by atoms with van der Waals surface area (Å²) < 4.78 is 56.2.